The van der Waals surface area contributed by atoms with Crippen molar-refractivity contribution in [3.05, 3.63) is 21.9 Å². The first-order valence-corrected chi connectivity index (χ1v) is 6.54. The van der Waals surface area contributed by atoms with E-state index in [1.165, 1.54) is 11.3 Å². The SMILES string of the molecule is CCCC(NC(=O)c1cscc1C)C(N)=S. The lowest BCUT2D eigenvalue weighted by Gasteiger charge is -2.16. The highest BCUT2D eigenvalue weighted by molar-refractivity contribution is 7.80. The van der Waals surface area contributed by atoms with Crippen LogP contribution in [0.5, 0.6) is 0 Å². The Kier molecular flexibility index (Phi) is 4.89. The lowest BCUT2D eigenvalue weighted by Crippen LogP contribution is -2.43. The molecule has 0 aliphatic carbocycles. The molecule has 0 bridgehead atoms. The number of aryl methyl sites for hydroxylation is 1. The maximum atomic E-state index is 11.9. The minimum Gasteiger partial charge on any atom is -0.392 e. The molecule has 1 unspecified atom stereocenters. The third kappa shape index (κ3) is 3.28. The molecule has 0 saturated heterocycles. The van der Waals surface area contributed by atoms with Crippen molar-refractivity contribution in [2.24, 2.45) is 5.73 Å². The van der Waals surface area contributed by atoms with Gasteiger partial charge in [0.1, 0.15) is 0 Å². The molecule has 0 saturated carbocycles. The summed E-state index contributed by atoms with van der Waals surface area (Å²) in [7, 11) is 0. The largest absolute Gasteiger partial charge is 0.392 e. The van der Waals surface area contributed by atoms with Gasteiger partial charge in [0, 0.05) is 5.38 Å². The molecule has 0 aliphatic rings. The van der Waals surface area contributed by atoms with Crippen LogP contribution < -0.4 is 11.1 Å². The van der Waals surface area contributed by atoms with Gasteiger partial charge in [-0.2, -0.15) is 11.3 Å². The van der Waals surface area contributed by atoms with Crippen LogP contribution in [0, 0.1) is 6.92 Å². The zero-order valence-corrected chi connectivity index (χ0v) is 11.1. The first kappa shape index (κ1) is 13.1. The van der Waals surface area contributed by atoms with Crippen LogP contribution in [0.2, 0.25) is 0 Å². The van der Waals surface area contributed by atoms with Crippen LogP contribution in [0.25, 0.3) is 0 Å². The van der Waals surface area contributed by atoms with E-state index >= 15 is 0 Å². The number of thiocarbonyl (C=S) groups is 1. The third-order valence-corrected chi connectivity index (χ3v) is 3.47. The van der Waals surface area contributed by atoms with E-state index in [-0.39, 0.29) is 11.9 Å². The number of nitrogens with two attached hydrogens (primary N) is 1. The average Bonchev–Trinajstić information content (AvgIpc) is 2.63. The molecule has 0 spiro atoms. The maximum Gasteiger partial charge on any atom is 0.252 e. The van der Waals surface area contributed by atoms with Gasteiger partial charge in [0.2, 0.25) is 0 Å². The Morgan fingerprint density at radius 2 is 2.31 bits per heavy atom. The molecule has 0 aliphatic heterocycles. The van der Waals surface area contributed by atoms with Crippen LogP contribution in [-0.2, 0) is 0 Å². The van der Waals surface area contributed by atoms with Crippen molar-refractivity contribution in [3.8, 4) is 0 Å². The van der Waals surface area contributed by atoms with Crippen LogP contribution in [0.1, 0.15) is 35.7 Å². The highest BCUT2D eigenvalue weighted by Gasteiger charge is 2.16. The standard InChI is InChI=1S/C11H16N2OS2/c1-3-4-9(10(12)15)13-11(14)8-6-16-5-7(8)2/h5-6,9H,3-4H2,1-2H3,(H2,12,15)(H,13,14). The molecule has 1 heterocycles. The van der Waals surface area contributed by atoms with E-state index < -0.39 is 0 Å². The molecule has 1 rings (SSSR count). The third-order valence-electron chi connectivity index (χ3n) is 2.33. The fourth-order valence-corrected chi connectivity index (χ4v) is 2.41. The molecule has 5 heteroatoms. The van der Waals surface area contributed by atoms with Crippen LogP contribution in [-0.4, -0.2) is 16.9 Å². The Bertz CT molecular complexity index is 387. The van der Waals surface area contributed by atoms with Crippen molar-refractivity contribution < 1.29 is 4.79 Å². The van der Waals surface area contributed by atoms with Crippen molar-refractivity contribution in [3.63, 3.8) is 0 Å². The number of carbonyl (C=O) groups is 1. The molecule has 0 radical (unpaired) electrons. The summed E-state index contributed by atoms with van der Waals surface area (Å²) in [5.41, 5.74) is 7.28. The predicted molar refractivity (Wildman–Crippen MR) is 72.0 cm³/mol. The van der Waals surface area contributed by atoms with E-state index in [9.17, 15) is 4.79 Å². The average molecular weight is 256 g/mol. The van der Waals surface area contributed by atoms with Crippen molar-refractivity contribution in [1.82, 2.24) is 5.32 Å². The van der Waals surface area contributed by atoms with Gasteiger partial charge in [-0.3, -0.25) is 4.79 Å². The predicted octanol–water partition coefficient (Wildman–Crippen LogP) is 2.24. The summed E-state index contributed by atoms with van der Waals surface area (Å²) < 4.78 is 0. The number of nitrogens with one attached hydrogen (secondary N) is 1. The van der Waals surface area contributed by atoms with E-state index in [1.54, 1.807) is 0 Å². The van der Waals surface area contributed by atoms with Crippen LogP contribution >= 0.6 is 23.6 Å². The van der Waals surface area contributed by atoms with Gasteiger partial charge in [0.05, 0.1) is 16.6 Å². The molecule has 1 aromatic heterocycles. The monoisotopic (exact) mass is 256 g/mol. The topological polar surface area (TPSA) is 55.1 Å². The second kappa shape index (κ2) is 5.96. The first-order valence-electron chi connectivity index (χ1n) is 5.19. The summed E-state index contributed by atoms with van der Waals surface area (Å²) in [5, 5.41) is 6.65. The fraction of sp³-hybridized carbons (Fsp3) is 0.455. The summed E-state index contributed by atoms with van der Waals surface area (Å²) in [6.45, 7) is 3.95. The summed E-state index contributed by atoms with van der Waals surface area (Å²) in [6.07, 6.45) is 1.72. The highest BCUT2D eigenvalue weighted by Crippen LogP contribution is 2.13. The van der Waals surface area contributed by atoms with Crippen LogP contribution in [0.15, 0.2) is 10.8 Å². The van der Waals surface area contributed by atoms with Crippen molar-refractivity contribution in [1.29, 1.82) is 0 Å². The first-order chi connectivity index (χ1) is 7.56. The van der Waals surface area contributed by atoms with Crippen molar-refractivity contribution >= 4 is 34.5 Å². The number of hydrogen-bond donors (Lipinski definition) is 2. The number of thiophene rings is 1. The minimum atomic E-state index is -0.202. The van der Waals surface area contributed by atoms with Gasteiger partial charge in [-0.15, -0.1) is 0 Å². The quantitative estimate of drug-likeness (QED) is 0.794. The highest BCUT2D eigenvalue weighted by atomic mass is 32.1. The molecule has 1 atom stereocenters. The van der Waals surface area contributed by atoms with Gasteiger partial charge in [0.15, 0.2) is 0 Å². The summed E-state index contributed by atoms with van der Waals surface area (Å²) >= 11 is 6.45. The van der Waals surface area contributed by atoms with Crippen molar-refractivity contribution in [2.75, 3.05) is 0 Å². The van der Waals surface area contributed by atoms with Gasteiger partial charge in [-0.1, -0.05) is 25.6 Å². The molecule has 88 valence electrons. The zero-order valence-electron chi connectivity index (χ0n) is 9.45. The van der Waals surface area contributed by atoms with Crippen LogP contribution in [0.4, 0.5) is 0 Å². The summed E-state index contributed by atoms with van der Waals surface area (Å²) in [5.74, 6) is -0.0926. The Balaban J connectivity index is 2.69. The molecule has 1 amide bonds. The molecule has 3 N–H and O–H groups in total. The molecular formula is C11H16N2OS2. The van der Waals surface area contributed by atoms with Gasteiger partial charge < -0.3 is 11.1 Å². The molecule has 3 nitrogen and oxygen atoms in total. The normalized spacial score (nSPS) is 12.1. The van der Waals surface area contributed by atoms with Gasteiger partial charge >= 0.3 is 0 Å². The molecule has 0 fully saturated rings. The Labute approximate surface area is 105 Å². The number of carbonyl (C=O) groups excluding carboxylic acids is 1. The van der Waals surface area contributed by atoms with E-state index in [4.69, 9.17) is 18.0 Å². The van der Waals surface area contributed by atoms with E-state index in [2.05, 4.69) is 5.32 Å². The zero-order chi connectivity index (χ0) is 12.1. The Morgan fingerprint density at radius 3 is 2.75 bits per heavy atom. The van der Waals surface area contributed by atoms with Gasteiger partial charge in [-0.25, -0.2) is 0 Å². The molecular weight excluding hydrogens is 240 g/mol. The van der Waals surface area contributed by atoms with Gasteiger partial charge in [-0.05, 0) is 24.3 Å². The van der Waals surface area contributed by atoms with E-state index in [0.717, 1.165) is 18.4 Å². The number of rotatable bonds is 5. The summed E-state index contributed by atoms with van der Waals surface area (Å²) in [6, 6.07) is -0.202. The molecule has 1 aromatic rings. The molecule has 0 aromatic carbocycles. The smallest absolute Gasteiger partial charge is 0.252 e. The number of amides is 1. The van der Waals surface area contributed by atoms with Crippen LogP contribution in [0.3, 0.4) is 0 Å². The fourth-order valence-electron chi connectivity index (χ4n) is 1.40. The summed E-state index contributed by atoms with van der Waals surface area (Å²) in [4.78, 5) is 12.2. The maximum absolute atomic E-state index is 11.9. The van der Waals surface area contributed by atoms with E-state index in [1.807, 2.05) is 24.6 Å². The second-order valence-corrected chi connectivity index (χ2v) is 4.90. The Hall–Kier alpha value is -0.940. The lowest BCUT2D eigenvalue weighted by atomic mass is 10.1. The number of hydrogen-bond acceptors (Lipinski definition) is 3. The van der Waals surface area contributed by atoms with E-state index in [0.29, 0.717) is 10.6 Å². The van der Waals surface area contributed by atoms with Gasteiger partial charge in [0.25, 0.3) is 5.91 Å². The minimum absolute atomic E-state index is 0.0926. The van der Waals surface area contributed by atoms with Crippen molar-refractivity contribution in [2.45, 2.75) is 32.7 Å². The Morgan fingerprint density at radius 1 is 1.62 bits per heavy atom. The molecule has 16 heavy (non-hydrogen) atoms. The lowest BCUT2D eigenvalue weighted by molar-refractivity contribution is 0.0945. The second-order valence-electron chi connectivity index (χ2n) is 3.69.